The number of aliphatic hydroxyl groups excluding tert-OH is 1. The third kappa shape index (κ3) is 1.47. The Hall–Kier alpha value is -0.550. The lowest BCUT2D eigenvalue weighted by Gasteiger charge is -1.97. The van der Waals surface area contributed by atoms with Gasteiger partial charge in [-0.3, -0.25) is 0 Å². The van der Waals surface area contributed by atoms with Gasteiger partial charge in [0.25, 0.3) is 0 Å². The van der Waals surface area contributed by atoms with E-state index in [4.69, 9.17) is 5.11 Å². The third-order valence-electron chi connectivity index (χ3n) is 2.02. The summed E-state index contributed by atoms with van der Waals surface area (Å²) >= 11 is 1.70. The van der Waals surface area contributed by atoms with Crippen LogP contribution in [0.4, 0.5) is 0 Å². The molecule has 0 saturated heterocycles. The maximum atomic E-state index is 8.82. The highest BCUT2D eigenvalue weighted by molar-refractivity contribution is 8.00. The number of aryl methyl sites for hydroxylation is 1. The number of rotatable bonds is 3. The number of aromatic nitrogens is 3. The van der Waals surface area contributed by atoms with Gasteiger partial charge in [-0.15, -0.1) is 10.2 Å². The molecule has 12 heavy (non-hydrogen) atoms. The molecule has 0 amide bonds. The Morgan fingerprint density at radius 3 is 3.17 bits per heavy atom. The van der Waals surface area contributed by atoms with Crippen LogP contribution in [0.15, 0.2) is 11.5 Å². The average Bonchev–Trinajstić information content (AvgIpc) is 2.70. The van der Waals surface area contributed by atoms with Crippen LogP contribution in [0.5, 0.6) is 0 Å². The topological polar surface area (TPSA) is 50.9 Å². The summed E-state index contributed by atoms with van der Waals surface area (Å²) in [5, 5.41) is 18.1. The standard InChI is InChI=1S/C7H11N3OS/c1-10-4-8-9-7(10)12-6-2-5(6)3-11/h4-6,11H,2-3H2,1H3. The van der Waals surface area contributed by atoms with E-state index in [0.717, 1.165) is 11.6 Å². The number of hydrogen-bond donors (Lipinski definition) is 1. The van der Waals surface area contributed by atoms with Crippen LogP contribution in [0.3, 0.4) is 0 Å². The van der Waals surface area contributed by atoms with Crippen LogP contribution in [0.1, 0.15) is 6.42 Å². The van der Waals surface area contributed by atoms with Gasteiger partial charge in [0.05, 0.1) is 0 Å². The van der Waals surface area contributed by atoms with Crippen molar-refractivity contribution in [3.8, 4) is 0 Å². The second-order valence-electron chi connectivity index (χ2n) is 3.06. The van der Waals surface area contributed by atoms with Gasteiger partial charge in [-0.2, -0.15) is 0 Å². The zero-order valence-corrected chi connectivity index (χ0v) is 7.66. The molecule has 0 radical (unpaired) electrons. The maximum Gasteiger partial charge on any atom is 0.191 e. The van der Waals surface area contributed by atoms with Crippen LogP contribution in [0.2, 0.25) is 0 Å². The number of thioether (sulfide) groups is 1. The Bertz CT molecular complexity index is 275. The van der Waals surface area contributed by atoms with Crippen molar-refractivity contribution in [3.63, 3.8) is 0 Å². The minimum atomic E-state index is 0.301. The molecular formula is C7H11N3OS. The van der Waals surface area contributed by atoms with Gasteiger partial charge >= 0.3 is 0 Å². The van der Waals surface area contributed by atoms with Gasteiger partial charge in [0.15, 0.2) is 5.16 Å². The molecule has 1 N–H and O–H groups in total. The van der Waals surface area contributed by atoms with E-state index in [-0.39, 0.29) is 0 Å². The molecule has 2 atom stereocenters. The fraction of sp³-hybridized carbons (Fsp3) is 0.714. The van der Waals surface area contributed by atoms with Crippen molar-refractivity contribution in [1.82, 2.24) is 14.8 Å². The first-order chi connectivity index (χ1) is 5.81. The first kappa shape index (κ1) is 8.07. The highest BCUT2D eigenvalue weighted by Crippen LogP contribution is 2.43. The first-order valence-corrected chi connectivity index (χ1v) is 4.80. The van der Waals surface area contributed by atoms with Gasteiger partial charge in [-0.1, -0.05) is 11.8 Å². The van der Waals surface area contributed by atoms with E-state index in [0.29, 0.717) is 17.8 Å². The van der Waals surface area contributed by atoms with E-state index < -0.39 is 0 Å². The Kier molecular flexibility index (Phi) is 2.06. The van der Waals surface area contributed by atoms with Crippen LogP contribution in [0.25, 0.3) is 0 Å². The molecule has 4 nitrogen and oxygen atoms in total. The van der Waals surface area contributed by atoms with E-state index in [9.17, 15) is 0 Å². The van der Waals surface area contributed by atoms with Crippen molar-refractivity contribution < 1.29 is 5.11 Å². The van der Waals surface area contributed by atoms with E-state index in [1.807, 2.05) is 11.6 Å². The van der Waals surface area contributed by atoms with Crippen molar-refractivity contribution in [1.29, 1.82) is 0 Å². The van der Waals surface area contributed by atoms with E-state index in [1.165, 1.54) is 0 Å². The van der Waals surface area contributed by atoms with Crippen molar-refractivity contribution in [2.24, 2.45) is 13.0 Å². The summed E-state index contributed by atoms with van der Waals surface area (Å²) < 4.78 is 1.90. The molecule has 1 saturated carbocycles. The number of aliphatic hydroxyl groups is 1. The van der Waals surface area contributed by atoms with Gasteiger partial charge in [0, 0.05) is 18.9 Å². The zero-order chi connectivity index (χ0) is 8.55. The smallest absolute Gasteiger partial charge is 0.191 e. The second-order valence-corrected chi connectivity index (χ2v) is 4.27. The molecule has 2 unspecified atom stereocenters. The van der Waals surface area contributed by atoms with Crippen molar-refractivity contribution in [2.75, 3.05) is 6.61 Å². The molecule has 1 aromatic heterocycles. The highest BCUT2D eigenvalue weighted by atomic mass is 32.2. The molecule has 1 fully saturated rings. The summed E-state index contributed by atoms with van der Waals surface area (Å²) in [4.78, 5) is 0. The predicted octanol–water partition coefficient (Wildman–Crippen LogP) is 0.288. The average molecular weight is 185 g/mol. The van der Waals surface area contributed by atoms with Crippen LogP contribution < -0.4 is 0 Å². The van der Waals surface area contributed by atoms with Crippen LogP contribution >= 0.6 is 11.8 Å². The summed E-state index contributed by atoms with van der Waals surface area (Å²) in [7, 11) is 1.93. The van der Waals surface area contributed by atoms with Gasteiger partial charge in [-0.25, -0.2) is 0 Å². The lowest BCUT2D eigenvalue weighted by molar-refractivity contribution is 0.277. The van der Waals surface area contributed by atoms with Gasteiger partial charge < -0.3 is 9.67 Å². The molecular weight excluding hydrogens is 174 g/mol. The summed E-state index contributed by atoms with van der Waals surface area (Å²) in [6, 6.07) is 0. The monoisotopic (exact) mass is 185 g/mol. The Morgan fingerprint density at radius 2 is 2.67 bits per heavy atom. The molecule has 0 aliphatic heterocycles. The van der Waals surface area contributed by atoms with E-state index >= 15 is 0 Å². The lowest BCUT2D eigenvalue weighted by Crippen LogP contribution is -1.93. The van der Waals surface area contributed by atoms with Crippen LogP contribution in [0, 0.1) is 5.92 Å². The molecule has 1 aromatic rings. The molecule has 5 heteroatoms. The Balaban J connectivity index is 1.93. The van der Waals surface area contributed by atoms with Crippen LogP contribution in [-0.2, 0) is 7.05 Å². The molecule has 1 aliphatic carbocycles. The molecule has 1 heterocycles. The van der Waals surface area contributed by atoms with Crippen molar-refractivity contribution in [2.45, 2.75) is 16.8 Å². The highest BCUT2D eigenvalue weighted by Gasteiger charge is 2.38. The van der Waals surface area contributed by atoms with Crippen LogP contribution in [-0.4, -0.2) is 31.7 Å². The molecule has 0 bridgehead atoms. The third-order valence-corrected chi connectivity index (χ3v) is 3.48. The fourth-order valence-electron chi connectivity index (χ4n) is 1.07. The Labute approximate surface area is 75.0 Å². The largest absolute Gasteiger partial charge is 0.396 e. The molecule has 1 aliphatic rings. The van der Waals surface area contributed by atoms with Gasteiger partial charge in [0.1, 0.15) is 6.33 Å². The van der Waals surface area contributed by atoms with Gasteiger partial charge in [0.2, 0.25) is 0 Å². The Morgan fingerprint density at radius 1 is 1.83 bits per heavy atom. The summed E-state index contributed by atoms with van der Waals surface area (Å²) in [6.45, 7) is 0.301. The number of nitrogens with zero attached hydrogens (tertiary/aromatic N) is 3. The molecule has 0 spiro atoms. The molecule has 0 aromatic carbocycles. The van der Waals surface area contributed by atoms with Crippen molar-refractivity contribution >= 4 is 11.8 Å². The SMILES string of the molecule is Cn1cnnc1SC1CC1CO. The second kappa shape index (κ2) is 3.06. The normalized spacial score (nSPS) is 27.5. The maximum absolute atomic E-state index is 8.82. The van der Waals surface area contributed by atoms with Crippen molar-refractivity contribution in [3.05, 3.63) is 6.33 Å². The zero-order valence-electron chi connectivity index (χ0n) is 6.84. The molecule has 2 rings (SSSR count). The minimum absolute atomic E-state index is 0.301. The lowest BCUT2D eigenvalue weighted by atomic mass is 10.5. The quantitative estimate of drug-likeness (QED) is 0.735. The summed E-state index contributed by atoms with van der Waals surface area (Å²) in [5.74, 6) is 0.478. The number of hydrogen-bond acceptors (Lipinski definition) is 4. The minimum Gasteiger partial charge on any atom is -0.396 e. The summed E-state index contributed by atoms with van der Waals surface area (Å²) in [5.41, 5.74) is 0. The molecule has 66 valence electrons. The summed E-state index contributed by atoms with van der Waals surface area (Å²) in [6.07, 6.45) is 2.80. The van der Waals surface area contributed by atoms with E-state index in [2.05, 4.69) is 10.2 Å². The fourth-order valence-corrected chi connectivity index (χ4v) is 2.27. The van der Waals surface area contributed by atoms with Gasteiger partial charge in [-0.05, 0) is 12.3 Å². The first-order valence-electron chi connectivity index (χ1n) is 3.92. The predicted molar refractivity (Wildman–Crippen MR) is 45.8 cm³/mol. The van der Waals surface area contributed by atoms with E-state index in [1.54, 1.807) is 18.1 Å².